The van der Waals surface area contributed by atoms with Crippen molar-refractivity contribution in [3.8, 4) is 0 Å². The topological polar surface area (TPSA) is 131 Å². The van der Waals surface area contributed by atoms with Gasteiger partial charge in [0.2, 0.25) is 0 Å². The summed E-state index contributed by atoms with van der Waals surface area (Å²) in [7, 11) is -4.04. The fourth-order valence-electron chi connectivity index (χ4n) is 2.43. The van der Waals surface area contributed by atoms with Gasteiger partial charge in [0.1, 0.15) is 0 Å². The van der Waals surface area contributed by atoms with E-state index in [1.54, 1.807) is 48.5 Å². The third-order valence-corrected chi connectivity index (χ3v) is 5.23. The van der Waals surface area contributed by atoms with E-state index in [0.717, 1.165) is 0 Å². The highest BCUT2D eigenvalue weighted by Crippen LogP contribution is 2.14. The van der Waals surface area contributed by atoms with Gasteiger partial charge in [-0.3, -0.25) is 25.8 Å². The van der Waals surface area contributed by atoms with Crippen molar-refractivity contribution in [3.05, 3.63) is 106 Å². The fraction of sp³-hybridized carbons (Fsp3) is 0. The van der Waals surface area contributed by atoms with Gasteiger partial charge in [0.25, 0.3) is 21.6 Å². The molecule has 3 rings (SSSR count). The second kappa shape index (κ2) is 8.97. The highest BCUT2D eigenvalue weighted by molar-refractivity contribution is 7.90. The maximum absolute atomic E-state index is 12.6. The first-order valence-electron chi connectivity index (χ1n) is 8.63. The van der Waals surface area contributed by atoms with Gasteiger partial charge in [-0.1, -0.05) is 48.5 Å². The zero-order chi connectivity index (χ0) is 21.6. The summed E-state index contributed by atoms with van der Waals surface area (Å²) in [5.74, 6) is -0.708. The van der Waals surface area contributed by atoms with E-state index in [1.807, 2.05) is 0 Å². The molecule has 2 N–H and O–H groups in total. The Kier molecular flexibility index (Phi) is 6.18. The molecule has 0 bridgehead atoms. The lowest BCUT2D eigenvalue weighted by Crippen LogP contribution is -2.42. The van der Waals surface area contributed by atoms with Gasteiger partial charge in [0.05, 0.1) is 9.82 Å². The van der Waals surface area contributed by atoms with E-state index in [1.165, 1.54) is 36.4 Å². The SMILES string of the molecule is O=C(NNC(=NS(=O)(=O)c1ccccc1)c1ccccc1)c1ccc([N+](=O)[O-])cc1. The summed E-state index contributed by atoms with van der Waals surface area (Å²) in [6.07, 6.45) is 0. The molecule has 0 unspecified atom stereocenters. The fourth-order valence-corrected chi connectivity index (χ4v) is 3.43. The number of hydrogen-bond donors (Lipinski definition) is 2. The smallest absolute Gasteiger partial charge is 0.280 e. The molecule has 0 radical (unpaired) electrons. The largest absolute Gasteiger partial charge is 0.284 e. The molecule has 0 aromatic heterocycles. The highest BCUT2D eigenvalue weighted by atomic mass is 32.2. The molecule has 10 heteroatoms. The number of hydrogen-bond acceptors (Lipinski definition) is 5. The van der Waals surface area contributed by atoms with Crippen LogP contribution in [0, 0.1) is 10.1 Å². The van der Waals surface area contributed by atoms with Gasteiger partial charge < -0.3 is 0 Å². The summed E-state index contributed by atoms with van der Waals surface area (Å²) >= 11 is 0. The van der Waals surface area contributed by atoms with Gasteiger partial charge in [-0.25, -0.2) is 0 Å². The molecule has 0 saturated carbocycles. The number of non-ortho nitro benzene ring substituents is 1. The van der Waals surface area contributed by atoms with Crippen molar-refractivity contribution in [2.75, 3.05) is 0 Å². The maximum Gasteiger partial charge on any atom is 0.284 e. The van der Waals surface area contributed by atoms with Gasteiger partial charge in [-0.15, -0.1) is 4.40 Å². The average Bonchev–Trinajstić information content (AvgIpc) is 2.77. The second-order valence-electron chi connectivity index (χ2n) is 5.98. The minimum atomic E-state index is -4.04. The Bertz CT molecular complexity index is 1180. The quantitative estimate of drug-likeness (QED) is 0.280. The molecule has 9 nitrogen and oxygen atoms in total. The number of amides is 1. The van der Waals surface area contributed by atoms with Crippen LogP contribution in [-0.4, -0.2) is 25.1 Å². The van der Waals surface area contributed by atoms with Crippen molar-refractivity contribution in [3.63, 3.8) is 0 Å². The number of benzene rings is 3. The number of amidine groups is 1. The molecule has 3 aromatic rings. The third kappa shape index (κ3) is 5.06. The zero-order valence-electron chi connectivity index (χ0n) is 15.4. The van der Waals surface area contributed by atoms with Crippen LogP contribution >= 0.6 is 0 Å². The number of carbonyl (C=O) groups is 1. The number of nitro benzene ring substituents is 1. The molecule has 0 fully saturated rings. The molecule has 0 aliphatic heterocycles. The van der Waals surface area contributed by atoms with Crippen molar-refractivity contribution < 1.29 is 18.1 Å². The van der Waals surface area contributed by atoms with Crippen molar-refractivity contribution in [2.45, 2.75) is 4.90 Å². The molecule has 30 heavy (non-hydrogen) atoms. The first-order valence-corrected chi connectivity index (χ1v) is 10.1. The van der Waals surface area contributed by atoms with Gasteiger partial charge >= 0.3 is 0 Å². The summed E-state index contributed by atoms with van der Waals surface area (Å²) in [5, 5.41) is 10.7. The van der Waals surface area contributed by atoms with Crippen LogP contribution in [0.2, 0.25) is 0 Å². The number of carbonyl (C=O) groups excluding carboxylic acids is 1. The summed E-state index contributed by atoms with van der Waals surface area (Å²) in [6.45, 7) is 0. The normalized spacial score (nSPS) is 11.5. The van der Waals surface area contributed by atoms with Crippen molar-refractivity contribution in [1.82, 2.24) is 10.9 Å². The molecule has 152 valence electrons. The van der Waals surface area contributed by atoms with E-state index < -0.39 is 20.9 Å². The van der Waals surface area contributed by atoms with Gasteiger partial charge in [0.15, 0.2) is 5.84 Å². The van der Waals surface area contributed by atoms with E-state index in [4.69, 9.17) is 0 Å². The molecule has 0 saturated heterocycles. The Balaban J connectivity index is 1.85. The number of nitrogens with zero attached hydrogens (tertiary/aromatic N) is 2. The van der Waals surface area contributed by atoms with Gasteiger partial charge in [-0.05, 0) is 24.3 Å². The summed E-state index contributed by atoms with van der Waals surface area (Å²) in [5.41, 5.74) is 5.32. The van der Waals surface area contributed by atoms with Crippen molar-refractivity contribution >= 4 is 27.5 Å². The van der Waals surface area contributed by atoms with Crippen LogP contribution in [0.25, 0.3) is 0 Å². The Morgan fingerprint density at radius 2 is 1.37 bits per heavy atom. The van der Waals surface area contributed by atoms with Crippen molar-refractivity contribution in [1.29, 1.82) is 0 Å². The first-order chi connectivity index (χ1) is 14.4. The van der Waals surface area contributed by atoms with E-state index in [-0.39, 0.29) is 22.0 Å². The number of sulfonamides is 1. The van der Waals surface area contributed by atoms with Crippen LogP contribution in [0.5, 0.6) is 0 Å². The van der Waals surface area contributed by atoms with Crippen molar-refractivity contribution in [2.24, 2.45) is 4.40 Å². The van der Waals surface area contributed by atoms with E-state index in [9.17, 15) is 23.3 Å². The molecule has 0 heterocycles. The molecule has 0 spiro atoms. The van der Waals surface area contributed by atoms with Crippen LogP contribution < -0.4 is 10.9 Å². The highest BCUT2D eigenvalue weighted by Gasteiger charge is 2.16. The average molecular weight is 424 g/mol. The number of rotatable bonds is 5. The molecular weight excluding hydrogens is 408 g/mol. The van der Waals surface area contributed by atoms with E-state index in [0.29, 0.717) is 5.56 Å². The number of hydrazine groups is 1. The molecule has 1 amide bonds. The zero-order valence-corrected chi connectivity index (χ0v) is 16.2. The minimum absolute atomic E-state index is 0.00178. The maximum atomic E-state index is 12.6. The first kappa shape index (κ1) is 20.7. The molecule has 0 aliphatic rings. The van der Waals surface area contributed by atoms with Crippen LogP contribution in [0.3, 0.4) is 0 Å². The third-order valence-electron chi connectivity index (χ3n) is 3.93. The molecule has 0 atom stereocenters. The summed E-state index contributed by atoms with van der Waals surface area (Å²) < 4.78 is 29.1. The monoisotopic (exact) mass is 424 g/mol. The predicted octanol–water partition coefficient (Wildman–Crippen LogP) is 2.66. The lowest BCUT2D eigenvalue weighted by atomic mass is 10.2. The van der Waals surface area contributed by atoms with E-state index in [2.05, 4.69) is 15.2 Å². The molecule has 3 aromatic carbocycles. The van der Waals surface area contributed by atoms with Gasteiger partial charge in [0, 0.05) is 23.3 Å². The number of nitro groups is 1. The Morgan fingerprint density at radius 3 is 1.93 bits per heavy atom. The van der Waals surface area contributed by atoms with E-state index >= 15 is 0 Å². The van der Waals surface area contributed by atoms with Crippen LogP contribution in [0.4, 0.5) is 5.69 Å². The Morgan fingerprint density at radius 1 is 0.800 bits per heavy atom. The predicted molar refractivity (Wildman–Crippen MR) is 110 cm³/mol. The summed E-state index contributed by atoms with van der Waals surface area (Å²) in [6, 6.07) is 21.0. The van der Waals surface area contributed by atoms with Gasteiger partial charge in [-0.2, -0.15) is 8.42 Å². The number of nitrogens with one attached hydrogen (secondary N) is 2. The van der Waals surface area contributed by atoms with Crippen LogP contribution in [-0.2, 0) is 10.0 Å². The lowest BCUT2D eigenvalue weighted by Gasteiger charge is -2.12. The minimum Gasteiger partial charge on any atom is -0.280 e. The Hall–Kier alpha value is -4.05. The van der Waals surface area contributed by atoms with Crippen LogP contribution in [0.15, 0.2) is 94.2 Å². The Labute approximate surface area is 172 Å². The summed E-state index contributed by atoms with van der Waals surface area (Å²) in [4.78, 5) is 22.5. The lowest BCUT2D eigenvalue weighted by molar-refractivity contribution is -0.384. The van der Waals surface area contributed by atoms with Crippen LogP contribution in [0.1, 0.15) is 15.9 Å². The molecule has 0 aliphatic carbocycles. The standard InChI is InChI=1S/C20H16N4O5S/c25-20(16-11-13-17(14-12-16)24(26)27)22-21-19(15-7-3-1-4-8-15)23-30(28,29)18-9-5-2-6-10-18/h1-14H,(H,21,23)(H,22,25). The molecular formula is C20H16N4O5S. The second-order valence-corrected chi connectivity index (χ2v) is 7.58.